The number of aryl methyl sites for hydroxylation is 2. The summed E-state index contributed by atoms with van der Waals surface area (Å²) >= 11 is 0. The molecular formula is C17H28N4O. The summed E-state index contributed by atoms with van der Waals surface area (Å²) in [5.74, 6) is -0.247. The van der Waals surface area contributed by atoms with E-state index in [0.717, 1.165) is 48.9 Å². The summed E-state index contributed by atoms with van der Waals surface area (Å²) in [4.78, 5) is 13.8. The van der Waals surface area contributed by atoms with Crippen LogP contribution in [-0.2, 0) is 12.8 Å². The predicted molar refractivity (Wildman–Crippen MR) is 92.5 cm³/mol. The van der Waals surface area contributed by atoms with Crippen molar-refractivity contribution >= 4 is 17.7 Å². The molecule has 0 heterocycles. The molecule has 0 aliphatic heterocycles. The molecule has 0 fully saturated rings. The second kappa shape index (κ2) is 9.07. The van der Waals surface area contributed by atoms with Crippen LogP contribution in [0.1, 0.15) is 51.2 Å². The molecule has 0 radical (unpaired) electrons. The lowest BCUT2D eigenvalue weighted by Crippen LogP contribution is -2.48. The maximum Gasteiger partial charge on any atom is 0.328 e. The van der Waals surface area contributed by atoms with Crippen molar-refractivity contribution in [2.45, 2.75) is 52.9 Å². The van der Waals surface area contributed by atoms with Crippen LogP contribution in [0, 0.1) is 5.41 Å². The Morgan fingerprint density at radius 2 is 1.77 bits per heavy atom. The zero-order chi connectivity index (χ0) is 16.5. The number of para-hydroxylation sites is 1. The number of carbonyl (C=O) groups excluding carboxylic acids is 1. The minimum Gasteiger partial charge on any atom is -0.369 e. The number of nitrogens with zero attached hydrogens (tertiary/aromatic N) is 1. The fourth-order valence-electron chi connectivity index (χ4n) is 2.48. The number of anilines is 1. The number of amides is 2. The van der Waals surface area contributed by atoms with Gasteiger partial charge in [0, 0.05) is 6.54 Å². The molecule has 0 aliphatic carbocycles. The van der Waals surface area contributed by atoms with E-state index in [4.69, 9.17) is 11.1 Å². The van der Waals surface area contributed by atoms with E-state index in [0.29, 0.717) is 6.54 Å². The third-order valence-corrected chi connectivity index (χ3v) is 3.69. The van der Waals surface area contributed by atoms with Crippen LogP contribution < -0.4 is 16.0 Å². The van der Waals surface area contributed by atoms with Gasteiger partial charge in [-0.25, -0.2) is 9.69 Å². The van der Waals surface area contributed by atoms with Gasteiger partial charge in [0.1, 0.15) is 0 Å². The number of hydrogen-bond donors (Lipinski definition) is 3. The van der Waals surface area contributed by atoms with E-state index >= 15 is 0 Å². The van der Waals surface area contributed by atoms with Crippen LogP contribution in [-0.4, -0.2) is 18.5 Å². The zero-order valence-electron chi connectivity index (χ0n) is 13.9. The van der Waals surface area contributed by atoms with Crippen LogP contribution in [0.3, 0.4) is 0 Å². The average molecular weight is 304 g/mol. The molecule has 4 N–H and O–H groups in total. The average Bonchev–Trinajstić information content (AvgIpc) is 2.51. The Bertz CT molecular complexity index is 491. The summed E-state index contributed by atoms with van der Waals surface area (Å²) in [6.45, 7) is 6.80. The van der Waals surface area contributed by atoms with Crippen molar-refractivity contribution in [3.05, 3.63) is 29.3 Å². The predicted octanol–water partition coefficient (Wildman–Crippen LogP) is 3.41. The normalized spacial score (nSPS) is 10.3. The van der Waals surface area contributed by atoms with E-state index in [2.05, 4.69) is 12.2 Å². The Morgan fingerprint density at radius 3 is 2.23 bits per heavy atom. The topological polar surface area (TPSA) is 82.2 Å². The molecule has 2 amide bonds. The highest BCUT2D eigenvalue weighted by atomic mass is 16.2. The largest absolute Gasteiger partial charge is 0.369 e. The van der Waals surface area contributed by atoms with Crippen LogP contribution in [0.4, 0.5) is 10.5 Å². The summed E-state index contributed by atoms with van der Waals surface area (Å²) in [5, 5.41) is 10.7. The number of urea groups is 1. The van der Waals surface area contributed by atoms with Crippen LogP contribution in [0.25, 0.3) is 0 Å². The molecule has 0 bridgehead atoms. The van der Waals surface area contributed by atoms with Crippen molar-refractivity contribution in [2.24, 2.45) is 5.73 Å². The van der Waals surface area contributed by atoms with Gasteiger partial charge in [-0.2, -0.15) is 0 Å². The number of hydrogen-bond acceptors (Lipinski definition) is 2. The highest BCUT2D eigenvalue weighted by molar-refractivity contribution is 6.14. The van der Waals surface area contributed by atoms with E-state index in [1.165, 1.54) is 4.90 Å². The molecule has 0 aromatic heterocycles. The smallest absolute Gasteiger partial charge is 0.328 e. The Morgan fingerprint density at radius 1 is 1.18 bits per heavy atom. The Labute approximate surface area is 133 Å². The molecule has 0 unspecified atom stereocenters. The van der Waals surface area contributed by atoms with Gasteiger partial charge in [-0.15, -0.1) is 0 Å². The Balaban J connectivity index is 3.05. The van der Waals surface area contributed by atoms with Crippen molar-refractivity contribution in [1.82, 2.24) is 5.32 Å². The molecule has 5 heteroatoms. The summed E-state index contributed by atoms with van der Waals surface area (Å²) in [5.41, 5.74) is 8.51. The molecule has 1 aromatic carbocycles. The molecule has 1 aromatic rings. The fourth-order valence-corrected chi connectivity index (χ4v) is 2.48. The highest BCUT2D eigenvalue weighted by Crippen LogP contribution is 2.27. The first kappa shape index (κ1) is 18.0. The van der Waals surface area contributed by atoms with Crippen molar-refractivity contribution in [3.63, 3.8) is 0 Å². The van der Waals surface area contributed by atoms with Gasteiger partial charge in [0.15, 0.2) is 0 Å². The molecule has 0 saturated heterocycles. The quantitative estimate of drug-likeness (QED) is 0.410. The first-order valence-corrected chi connectivity index (χ1v) is 8.09. The number of unbranched alkanes of at least 4 members (excludes halogenated alkanes) is 2. The lowest BCUT2D eigenvalue weighted by atomic mass is 10.0. The first-order valence-electron chi connectivity index (χ1n) is 8.09. The van der Waals surface area contributed by atoms with Crippen LogP contribution in [0.15, 0.2) is 18.2 Å². The number of carbonyl (C=O) groups is 1. The summed E-state index contributed by atoms with van der Waals surface area (Å²) < 4.78 is 0. The zero-order valence-corrected chi connectivity index (χ0v) is 13.9. The Hall–Kier alpha value is -2.04. The molecule has 22 heavy (non-hydrogen) atoms. The lowest BCUT2D eigenvalue weighted by Gasteiger charge is -2.26. The maximum absolute atomic E-state index is 12.5. The van der Waals surface area contributed by atoms with E-state index in [1.54, 1.807) is 0 Å². The van der Waals surface area contributed by atoms with Gasteiger partial charge in [-0.05, 0) is 30.4 Å². The summed E-state index contributed by atoms with van der Waals surface area (Å²) in [6.07, 6.45) is 4.69. The second-order valence-electron chi connectivity index (χ2n) is 5.29. The van der Waals surface area contributed by atoms with Gasteiger partial charge in [0.25, 0.3) is 0 Å². The molecule has 0 aliphatic rings. The standard InChI is InChI=1S/C17H28N4O/c1-4-7-8-12-20-17(22)21(16(18)19)15-13(5-2)10-9-11-14(15)6-3/h9-11H,4-8,12H2,1-3H3,(H3,18,19)(H,20,22). The lowest BCUT2D eigenvalue weighted by molar-refractivity contribution is 0.248. The molecule has 122 valence electrons. The first-order chi connectivity index (χ1) is 10.6. The van der Waals surface area contributed by atoms with Crippen LogP contribution >= 0.6 is 0 Å². The van der Waals surface area contributed by atoms with Crippen molar-refractivity contribution in [1.29, 1.82) is 5.41 Å². The van der Waals surface area contributed by atoms with Gasteiger partial charge >= 0.3 is 6.03 Å². The minimum atomic E-state index is -0.320. The summed E-state index contributed by atoms with van der Waals surface area (Å²) in [6, 6.07) is 5.63. The molecule has 0 saturated carbocycles. The van der Waals surface area contributed by atoms with Gasteiger partial charge in [-0.1, -0.05) is 51.8 Å². The van der Waals surface area contributed by atoms with Crippen molar-refractivity contribution < 1.29 is 4.79 Å². The molecule has 0 atom stereocenters. The van der Waals surface area contributed by atoms with Crippen LogP contribution in [0.5, 0.6) is 0 Å². The van der Waals surface area contributed by atoms with Gasteiger partial charge < -0.3 is 11.1 Å². The number of guanidine groups is 1. The molecule has 0 spiro atoms. The molecular weight excluding hydrogens is 276 g/mol. The SMILES string of the molecule is CCCCCNC(=O)N(C(=N)N)c1c(CC)cccc1CC. The Kier molecular flexibility index (Phi) is 7.43. The van der Waals surface area contributed by atoms with E-state index < -0.39 is 0 Å². The summed E-state index contributed by atoms with van der Waals surface area (Å²) in [7, 11) is 0. The number of rotatable bonds is 7. The number of nitrogens with one attached hydrogen (secondary N) is 2. The van der Waals surface area contributed by atoms with E-state index in [1.807, 2.05) is 32.0 Å². The maximum atomic E-state index is 12.5. The highest BCUT2D eigenvalue weighted by Gasteiger charge is 2.23. The minimum absolute atomic E-state index is 0.247. The third-order valence-electron chi connectivity index (χ3n) is 3.69. The second-order valence-corrected chi connectivity index (χ2v) is 5.29. The van der Waals surface area contributed by atoms with Gasteiger partial charge in [0.05, 0.1) is 5.69 Å². The van der Waals surface area contributed by atoms with E-state index in [-0.39, 0.29) is 12.0 Å². The van der Waals surface area contributed by atoms with Crippen molar-refractivity contribution in [2.75, 3.05) is 11.4 Å². The van der Waals surface area contributed by atoms with E-state index in [9.17, 15) is 4.79 Å². The third kappa shape index (κ3) is 4.48. The fraction of sp³-hybridized carbons (Fsp3) is 0.529. The number of benzene rings is 1. The monoisotopic (exact) mass is 304 g/mol. The van der Waals surface area contributed by atoms with Crippen LogP contribution in [0.2, 0.25) is 0 Å². The molecule has 1 rings (SSSR count). The van der Waals surface area contributed by atoms with Crippen molar-refractivity contribution in [3.8, 4) is 0 Å². The number of nitrogens with two attached hydrogens (primary N) is 1. The molecule has 5 nitrogen and oxygen atoms in total. The van der Waals surface area contributed by atoms with Gasteiger partial charge in [0.2, 0.25) is 5.96 Å². The van der Waals surface area contributed by atoms with Gasteiger partial charge in [-0.3, -0.25) is 5.41 Å².